The molecular weight excluding hydrogens is 306 g/mol. The number of hydrogen-bond acceptors (Lipinski definition) is 5. The van der Waals surface area contributed by atoms with Crippen LogP contribution < -0.4 is 0 Å². The van der Waals surface area contributed by atoms with Gasteiger partial charge in [-0.15, -0.1) is 5.10 Å². The van der Waals surface area contributed by atoms with Gasteiger partial charge in [-0.25, -0.2) is 0 Å². The number of rotatable bonds is 7. The van der Waals surface area contributed by atoms with Crippen molar-refractivity contribution in [1.29, 1.82) is 0 Å². The quantitative estimate of drug-likeness (QED) is 0.623. The summed E-state index contributed by atoms with van der Waals surface area (Å²) in [5.41, 5.74) is 2.14. The third-order valence-corrected chi connectivity index (χ3v) is 4.81. The fraction of sp³-hybridized carbons (Fsp3) is 0.294. The number of thioether (sulfide) groups is 1. The Morgan fingerprint density at radius 1 is 1.09 bits per heavy atom. The van der Waals surface area contributed by atoms with E-state index in [1.807, 2.05) is 48.7 Å². The van der Waals surface area contributed by atoms with Crippen molar-refractivity contribution in [3.8, 4) is 5.69 Å². The number of pyridine rings is 1. The van der Waals surface area contributed by atoms with Crippen LogP contribution in [0.2, 0.25) is 0 Å². The van der Waals surface area contributed by atoms with E-state index in [1.54, 1.807) is 16.4 Å². The zero-order valence-electron chi connectivity index (χ0n) is 13.0. The van der Waals surface area contributed by atoms with Crippen molar-refractivity contribution in [2.45, 2.75) is 24.9 Å². The van der Waals surface area contributed by atoms with Crippen LogP contribution in [-0.2, 0) is 6.42 Å². The van der Waals surface area contributed by atoms with Crippen molar-refractivity contribution in [3.63, 3.8) is 0 Å². The summed E-state index contributed by atoms with van der Waals surface area (Å²) in [6, 6.07) is 16.0. The van der Waals surface area contributed by atoms with Crippen LogP contribution in [0.5, 0.6) is 0 Å². The van der Waals surface area contributed by atoms with Gasteiger partial charge in [-0.3, -0.25) is 4.98 Å². The highest BCUT2D eigenvalue weighted by molar-refractivity contribution is 7.99. The number of aryl methyl sites for hydroxylation is 1. The Morgan fingerprint density at radius 3 is 2.70 bits per heavy atom. The average molecular weight is 325 g/mol. The first-order chi connectivity index (χ1) is 11.3. The molecule has 23 heavy (non-hydrogen) atoms. The second kappa shape index (κ2) is 7.87. The van der Waals surface area contributed by atoms with E-state index in [9.17, 15) is 0 Å². The Balaban J connectivity index is 1.54. The van der Waals surface area contributed by atoms with Crippen LogP contribution in [0.15, 0.2) is 59.9 Å². The molecule has 0 amide bonds. The fourth-order valence-corrected chi connectivity index (χ4v) is 3.20. The van der Waals surface area contributed by atoms with Crippen molar-refractivity contribution in [2.75, 3.05) is 5.75 Å². The maximum atomic E-state index is 4.37. The van der Waals surface area contributed by atoms with E-state index >= 15 is 0 Å². The van der Waals surface area contributed by atoms with E-state index in [1.165, 1.54) is 0 Å². The summed E-state index contributed by atoms with van der Waals surface area (Å²) >= 11 is 1.70. The van der Waals surface area contributed by atoms with Gasteiger partial charge in [0.15, 0.2) is 0 Å². The molecule has 3 rings (SSSR count). The molecule has 0 radical (unpaired) electrons. The number of benzene rings is 1. The Hall–Kier alpha value is -2.21. The molecule has 0 aliphatic heterocycles. The zero-order valence-corrected chi connectivity index (χ0v) is 13.9. The SMILES string of the molecule is CC(CCc1ccccn1)CSc1nnnn1-c1ccccc1. The molecular formula is C17H19N5S. The van der Waals surface area contributed by atoms with Gasteiger partial charge in [0.05, 0.1) is 5.69 Å². The molecule has 2 aromatic heterocycles. The van der Waals surface area contributed by atoms with Gasteiger partial charge < -0.3 is 0 Å². The van der Waals surface area contributed by atoms with Gasteiger partial charge in [0.2, 0.25) is 5.16 Å². The molecule has 0 saturated heterocycles. The molecule has 1 aromatic carbocycles. The summed E-state index contributed by atoms with van der Waals surface area (Å²) in [4.78, 5) is 4.37. The molecule has 118 valence electrons. The van der Waals surface area contributed by atoms with Gasteiger partial charge in [-0.2, -0.15) is 4.68 Å². The average Bonchev–Trinajstić information content (AvgIpc) is 3.08. The number of nitrogens with zero attached hydrogens (tertiary/aromatic N) is 5. The Bertz CT molecular complexity index is 714. The van der Waals surface area contributed by atoms with E-state index in [0.29, 0.717) is 5.92 Å². The van der Waals surface area contributed by atoms with E-state index in [4.69, 9.17) is 0 Å². The summed E-state index contributed by atoms with van der Waals surface area (Å²) in [5.74, 6) is 1.56. The standard InChI is InChI=1S/C17H19N5S/c1-14(10-11-15-7-5-6-12-18-15)13-23-17-19-20-21-22(17)16-8-3-2-4-9-16/h2-9,12,14H,10-11,13H2,1H3. The molecule has 0 aliphatic rings. The first kappa shape index (κ1) is 15.7. The molecule has 5 nitrogen and oxygen atoms in total. The molecule has 1 unspecified atom stereocenters. The van der Waals surface area contributed by atoms with Crippen LogP contribution in [-0.4, -0.2) is 30.9 Å². The van der Waals surface area contributed by atoms with Gasteiger partial charge in [0, 0.05) is 17.6 Å². The Labute approximate surface area is 140 Å². The summed E-state index contributed by atoms with van der Waals surface area (Å²) in [7, 11) is 0. The Morgan fingerprint density at radius 2 is 1.91 bits per heavy atom. The maximum Gasteiger partial charge on any atom is 0.214 e. The molecule has 0 spiro atoms. The van der Waals surface area contributed by atoms with Crippen molar-refractivity contribution in [3.05, 3.63) is 60.4 Å². The van der Waals surface area contributed by atoms with Crippen LogP contribution in [0.25, 0.3) is 5.69 Å². The second-order valence-corrected chi connectivity index (χ2v) is 6.47. The predicted octanol–water partition coefficient (Wildman–Crippen LogP) is 3.42. The molecule has 0 saturated carbocycles. The summed E-state index contributed by atoms with van der Waals surface area (Å²) in [6.07, 6.45) is 3.96. The lowest BCUT2D eigenvalue weighted by molar-refractivity contribution is 0.589. The molecule has 0 bridgehead atoms. The number of aromatic nitrogens is 5. The van der Waals surface area contributed by atoms with E-state index in [0.717, 1.165) is 35.1 Å². The largest absolute Gasteiger partial charge is 0.261 e. The van der Waals surface area contributed by atoms with Crippen molar-refractivity contribution in [2.24, 2.45) is 5.92 Å². The van der Waals surface area contributed by atoms with Crippen LogP contribution >= 0.6 is 11.8 Å². The first-order valence-corrected chi connectivity index (χ1v) is 8.68. The van der Waals surface area contributed by atoms with Gasteiger partial charge in [0.1, 0.15) is 0 Å². The van der Waals surface area contributed by atoms with Crippen molar-refractivity contribution >= 4 is 11.8 Å². The van der Waals surface area contributed by atoms with E-state index in [-0.39, 0.29) is 0 Å². The second-order valence-electron chi connectivity index (χ2n) is 5.48. The smallest absolute Gasteiger partial charge is 0.214 e. The maximum absolute atomic E-state index is 4.37. The predicted molar refractivity (Wildman–Crippen MR) is 91.6 cm³/mol. The minimum Gasteiger partial charge on any atom is -0.261 e. The van der Waals surface area contributed by atoms with Crippen LogP contribution in [0.3, 0.4) is 0 Å². The van der Waals surface area contributed by atoms with Crippen LogP contribution in [0.4, 0.5) is 0 Å². The minimum absolute atomic E-state index is 0.572. The summed E-state index contributed by atoms with van der Waals surface area (Å²) < 4.78 is 1.79. The number of para-hydroxylation sites is 1. The van der Waals surface area contributed by atoms with Gasteiger partial charge in [0.25, 0.3) is 0 Å². The molecule has 2 heterocycles. The monoisotopic (exact) mass is 325 g/mol. The highest BCUT2D eigenvalue weighted by Gasteiger charge is 2.11. The van der Waals surface area contributed by atoms with Gasteiger partial charge in [-0.1, -0.05) is 43.0 Å². The highest BCUT2D eigenvalue weighted by Crippen LogP contribution is 2.22. The normalized spacial score (nSPS) is 12.2. The van der Waals surface area contributed by atoms with Gasteiger partial charge in [-0.05, 0) is 53.5 Å². The lowest BCUT2D eigenvalue weighted by Gasteiger charge is -2.10. The molecule has 0 fully saturated rings. The molecule has 0 aliphatic carbocycles. The molecule has 3 aromatic rings. The minimum atomic E-state index is 0.572. The fourth-order valence-electron chi connectivity index (χ4n) is 2.24. The summed E-state index contributed by atoms with van der Waals surface area (Å²) in [6.45, 7) is 2.26. The number of tetrazole rings is 1. The van der Waals surface area contributed by atoms with Crippen LogP contribution in [0, 0.1) is 5.92 Å². The van der Waals surface area contributed by atoms with Crippen LogP contribution in [0.1, 0.15) is 19.0 Å². The third-order valence-electron chi connectivity index (χ3n) is 3.56. The molecule has 0 N–H and O–H groups in total. The molecule has 1 atom stereocenters. The van der Waals surface area contributed by atoms with Crippen molar-refractivity contribution in [1.82, 2.24) is 25.2 Å². The third kappa shape index (κ3) is 4.39. The highest BCUT2D eigenvalue weighted by atomic mass is 32.2. The van der Waals surface area contributed by atoms with Crippen molar-refractivity contribution < 1.29 is 0 Å². The van der Waals surface area contributed by atoms with Gasteiger partial charge >= 0.3 is 0 Å². The van der Waals surface area contributed by atoms with E-state index < -0.39 is 0 Å². The Kier molecular flexibility index (Phi) is 5.37. The number of hydrogen-bond donors (Lipinski definition) is 0. The lowest BCUT2D eigenvalue weighted by atomic mass is 10.1. The summed E-state index contributed by atoms with van der Waals surface area (Å²) in [5, 5.41) is 12.9. The zero-order chi connectivity index (χ0) is 15.9. The molecule has 6 heteroatoms. The topological polar surface area (TPSA) is 56.5 Å². The first-order valence-electron chi connectivity index (χ1n) is 7.69. The lowest BCUT2D eigenvalue weighted by Crippen LogP contribution is -2.04. The van der Waals surface area contributed by atoms with E-state index in [2.05, 4.69) is 33.5 Å².